The lowest BCUT2D eigenvalue weighted by molar-refractivity contribution is -0.0528. The van der Waals surface area contributed by atoms with Crippen molar-refractivity contribution in [2.24, 2.45) is 0 Å². The van der Waals surface area contributed by atoms with E-state index in [2.05, 4.69) is 4.74 Å². The number of alkyl halides is 2. The Kier molecular flexibility index (Phi) is 3.28. The van der Waals surface area contributed by atoms with E-state index in [1.807, 2.05) is 0 Å². The van der Waals surface area contributed by atoms with Gasteiger partial charge in [0, 0.05) is 0 Å². The number of hydrogen-bond donors (Lipinski definition) is 0. The Morgan fingerprint density at radius 3 is 2.40 bits per heavy atom. The number of Topliss-reactive ketones (excluding diaryl/α,β-unsaturated/α-hetero) is 1. The zero-order valence-electron chi connectivity index (χ0n) is 7.56. The normalized spacial score (nSPS) is 10.5. The van der Waals surface area contributed by atoms with Crippen LogP contribution in [-0.2, 0) is 0 Å². The highest BCUT2D eigenvalue weighted by Crippen LogP contribution is 2.27. The van der Waals surface area contributed by atoms with E-state index in [4.69, 9.17) is 0 Å². The van der Waals surface area contributed by atoms with Gasteiger partial charge in [-0.15, -0.1) is 0 Å². The van der Waals surface area contributed by atoms with E-state index in [0.717, 1.165) is 13.0 Å². The first-order chi connectivity index (χ1) is 6.93. The summed E-state index contributed by atoms with van der Waals surface area (Å²) in [6.45, 7) is -2.29. The molecule has 0 aliphatic heterocycles. The molecular formula is C9H6F4O2. The van der Waals surface area contributed by atoms with Crippen molar-refractivity contribution in [3.8, 4) is 5.75 Å². The van der Waals surface area contributed by atoms with Crippen molar-refractivity contribution in [1.82, 2.24) is 0 Å². The molecule has 0 saturated heterocycles. The van der Waals surface area contributed by atoms with Crippen molar-refractivity contribution >= 4 is 5.78 Å². The highest BCUT2D eigenvalue weighted by Gasteiger charge is 2.20. The van der Waals surface area contributed by atoms with E-state index in [1.54, 1.807) is 0 Å². The number of hydrogen-bond acceptors (Lipinski definition) is 2. The molecule has 0 atom stereocenters. The van der Waals surface area contributed by atoms with E-state index >= 15 is 0 Å². The Balaban J connectivity index is 3.28. The molecule has 0 unspecified atom stereocenters. The summed E-state index contributed by atoms with van der Waals surface area (Å²) in [7, 11) is 0. The molecule has 0 aromatic heterocycles. The minimum Gasteiger partial charge on any atom is -0.431 e. The van der Waals surface area contributed by atoms with Gasteiger partial charge in [0.1, 0.15) is 0 Å². The van der Waals surface area contributed by atoms with Gasteiger partial charge in [-0.25, -0.2) is 4.39 Å². The Morgan fingerprint density at radius 1 is 1.33 bits per heavy atom. The number of rotatable bonds is 3. The van der Waals surface area contributed by atoms with Gasteiger partial charge in [0.05, 0.1) is 5.56 Å². The van der Waals surface area contributed by atoms with Crippen molar-refractivity contribution in [3.63, 3.8) is 0 Å². The van der Waals surface area contributed by atoms with Crippen LogP contribution in [0.2, 0.25) is 0 Å². The number of halogens is 4. The molecule has 1 rings (SSSR count). The van der Waals surface area contributed by atoms with Gasteiger partial charge in [-0.1, -0.05) is 0 Å². The topological polar surface area (TPSA) is 26.3 Å². The third kappa shape index (κ3) is 2.45. The van der Waals surface area contributed by atoms with Crippen molar-refractivity contribution in [1.29, 1.82) is 0 Å². The molecule has 2 nitrogen and oxygen atoms in total. The van der Waals surface area contributed by atoms with Crippen molar-refractivity contribution in [2.75, 3.05) is 0 Å². The monoisotopic (exact) mass is 222 g/mol. The second-order valence-corrected chi connectivity index (χ2v) is 2.67. The molecule has 82 valence electrons. The fourth-order valence-corrected chi connectivity index (χ4v) is 1.01. The number of ether oxygens (including phenoxy) is 1. The van der Waals surface area contributed by atoms with Gasteiger partial charge in [0.15, 0.2) is 17.3 Å². The third-order valence-corrected chi connectivity index (χ3v) is 1.64. The molecule has 0 heterocycles. The highest BCUT2D eigenvalue weighted by atomic mass is 19.3. The predicted octanol–water partition coefficient (Wildman–Crippen LogP) is 2.77. The Labute approximate surface area is 82.5 Å². The van der Waals surface area contributed by atoms with Crippen LogP contribution in [0.3, 0.4) is 0 Å². The predicted molar refractivity (Wildman–Crippen MR) is 43.0 cm³/mol. The van der Waals surface area contributed by atoms with Crippen LogP contribution in [0.15, 0.2) is 12.1 Å². The summed E-state index contributed by atoms with van der Waals surface area (Å²) in [5.74, 6) is -4.69. The van der Waals surface area contributed by atoms with Gasteiger partial charge in [0.2, 0.25) is 5.82 Å². The van der Waals surface area contributed by atoms with Crippen LogP contribution in [0.25, 0.3) is 0 Å². The van der Waals surface area contributed by atoms with Crippen LogP contribution in [-0.4, -0.2) is 12.4 Å². The molecule has 1 aromatic carbocycles. The van der Waals surface area contributed by atoms with Gasteiger partial charge in [-0.05, 0) is 19.1 Å². The fraction of sp³-hybridized carbons (Fsp3) is 0.222. The minimum atomic E-state index is -3.32. The SMILES string of the molecule is CC(=O)c1ccc(F)c(F)c1OC(F)F. The first kappa shape index (κ1) is 11.5. The lowest BCUT2D eigenvalue weighted by atomic mass is 10.1. The summed E-state index contributed by atoms with van der Waals surface area (Å²) in [6.07, 6.45) is 0. The van der Waals surface area contributed by atoms with E-state index in [9.17, 15) is 22.4 Å². The molecule has 0 N–H and O–H groups in total. The number of carbonyl (C=O) groups excluding carboxylic acids is 1. The number of ketones is 1. The highest BCUT2D eigenvalue weighted by molar-refractivity contribution is 5.96. The molecule has 0 spiro atoms. The number of benzene rings is 1. The molecule has 1 aromatic rings. The van der Waals surface area contributed by atoms with Crippen LogP contribution in [0.4, 0.5) is 17.6 Å². The molecule has 15 heavy (non-hydrogen) atoms. The maximum atomic E-state index is 13.0. The van der Waals surface area contributed by atoms with Gasteiger partial charge < -0.3 is 4.74 Å². The molecule has 0 fully saturated rings. The largest absolute Gasteiger partial charge is 0.431 e. The smallest absolute Gasteiger partial charge is 0.387 e. The quantitative estimate of drug-likeness (QED) is 0.580. The summed E-state index contributed by atoms with van der Waals surface area (Å²) < 4.78 is 53.1. The Bertz CT molecular complexity index is 390. The summed E-state index contributed by atoms with van der Waals surface area (Å²) in [4.78, 5) is 10.9. The maximum absolute atomic E-state index is 13.0. The molecule has 0 aliphatic rings. The molecule has 0 amide bonds. The van der Waals surface area contributed by atoms with E-state index < -0.39 is 35.3 Å². The first-order valence-corrected chi connectivity index (χ1v) is 3.87. The second-order valence-electron chi connectivity index (χ2n) is 2.67. The molecule has 0 bridgehead atoms. The molecular weight excluding hydrogens is 216 g/mol. The first-order valence-electron chi connectivity index (χ1n) is 3.87. The average molecular weight is 222 g/mol. The summed E-state index contributed by atoms with van der Waals surface area (Å²) in [5.41, 5.74) is -0.422. The molecule has 6 heteroatoms. The standard InChI is InChI=1S/C9H6F4O2/c1-4(14)5-2-3-6(10)7(11)8(5)15-9(12)13/h2-3,9H,1H3. The van der Waals surface area contributed by atoms with Crippen LogP contribution in [0.5, 0.6) is 5.75 Å². The zero-order valence-corrected chi connectivity index (χ0v) is 7.56. The maximum Gasteiger partial charge on any atom is 0.387 e. The summed E-state index contributed by atoms with van der Waals surface area (Å²) in [6, 6.07) is 1.56. The second kappa shape index (κ2) is 4.29. The fourth-order valence-electron chi connectivity index (χ4n) is 1.01. The van der Waals surface area contributed by atoms with Crippen molar-refractivity contribution < 1.29 is 27.1 Å². The van der Waals surface area contributed by atoms with Gasteiger partial charge in [-0.3, -0.25) is 4.79 Å². The van der Waals surface area contributed by atoms with Gasteiger partial charge in [0.25, 0.3) is 0 Å². The van der Waals surface area contributed by atoms with Crippen LogP contribution in [0.1, 0.15) is 17.3 Å². The third-order valence-electron chi connectivity index (χ3n) is 1.64. The molecule has 0 aliphatic carbocycles. The van der Waals surface area contributed by atoms with Gasteiger partial charge >= 0.3 is 6.61 Å². The molecule has 0 saturated carbocycles. The van der Waals surface area contributed by atoms with Crippen LogP contribution < -0.4 is 4.74 Å². The zero-order chi connectivity index (χ0) is 11.6. The Morgan fingerprint density at radius 2 is 1.93 bits per heavy atom. The number of carbonyl (C=O) groups is 1. The van der Waals surface area contributed by atoms with E-state index in [1.165, 1.54) is 0 Å². The van der Waals surface area contributed by atoms with Gasteiger partial charge in [-0.2, -0.15) is 13.2 Å². The van der Waals surface area contributed by atoms with E-state index in [-0.39, 0.29) is 0 Å². The van der Waals surface area contributed by atoms with E-state index in [0.29, 0.717) is 6.07 Å². The minimum absolute atomic E-state index is 0.422. The van der Waals surface area contributed by atoms with Crippen LogP contribution >= 0.6 is 0 Å². The summed E-state index contributed by atoms with van der Waals surface area (Å²) in [5, 5.41) is 0. The van der Waals surface area contributed by atoms with Crippen molar-refractivity contribution in [3.05, 3.63) is 29.3 Å². The molecule has 0 radical (unpaired) electrons. The lowest BCUT2D eigenvalue weighted by Crippen LogP contribution is -2.09. The lowest BCUT2D eigenvalue weighted by Gasteiger charge is -2.09. The van der Waals surface area contributed by atoms with Crippen LogP contribution in [0, 0.1) is 11.6 Å². The summed E-state index contributed by atoms with van der Waals surface area (Å²) >= 11 is 0. The van der Waals surface area contributed by atoms with Crippen molar-refractivity contribution in [2.45, 2.75) is 13.5 Å². The average Bonchev–Trinajstić information content (AvgIpc) is 2.12. The Hall–Kier alpha value is -1.59.